The number of carbonyl (C=O) groups excluding carboxylic acids is 2. The number of amides is 2. The summed E-state index contributed by atoms with van der Waals surface area (Å²) in [6.07, 6.45) is 1.56. The summed E-state index contributed by atoms with van der Waals surface area (Å²) >= 11 is 0. The number of hydrogen-bond acceptors (Lipinski definition) is 3. The first-order valence-corrected chi connectivity index (χ1v) is 8.40. The van der Waals surface area contributed by atoms with E-state index in [1.54, 1.807) is 42.7 Å². The third-order valence-electron chi connectivity index (χ3n) is 4.06. The number of hydrogen-bond donors (Lipinski definition) is 2. The zero-order valence-electron chi connectivity index (χ0n) is 14.4. The van der Waals surface area contributed by atoms with E-state index in [1.807, 2.05) is 37.3 Å². The fourth-order valence-electron chi connectivity index (χ4n) is 2.56. The van der Waals surface area contributed by atoms with Crippen molar-refractivity contribution in [1.29, 1.82) is 0 Å². The predicted molar refractivity (Wildman–Crippen MR) is 98.6 cm³/mol. The van der Waals surface area contributed by atoms with E-state index >= 15 is 0 Å². The fraction of sp³-hybridized carbons (Fsp3) is 0.143. The number of carbonyl (C=O) groups is 2. The molecule has 2 amide bonds. The molecule has 5 nitrogen and oxygen atoms in total. The molecule has 1 aromatic heterocycles. The molecule has 3 aromatic rings. The second-order valence-corrected chi connectivity index (χ2v) is 5.95. The molecule has 5 heteroatoms. The van der Waals surface area contributed by atoms with Crippen LogP contribution in [0, 0.1) is 0 Å². The molecule has 1 heterocycles. The van der Waals surface area contributed by atoms with Crippen molar-refractivity contribution in [3.63, 3.8) is 0 Å². The average Bonchev–Trinajstić information content (AvgIpc) is 3.20. The molecule has 0 fully saturated rings. The Morgan fingerprint density at radius 3 is 2.15 bits per heavy atom. The molecule has 26 heavy (non-hydrogen) atoms. The smallest absolute Gasteiger partial charge is 0.251 e. The Bertz CT molecular complexity index is 856. The number of benzene rings is 2. The lowest BCUT2D eigenvalue weighted by molar-refractivity contribution is 0.0931. The molecule has 0 radical (unpaired) electrons. The van der Waals surface area contributed by atoms with Crippen molar-refractivity contribution in [3.05, 3.63) is 95.4 Å². The summed E-state index contributed by atoms with van der Waals surface area (Å²) in [5, 5.41) is 5.72. The second-order valence-electron chi connectivity index (χ2n) is 5.95. The first-order valence-electron chi connectivity index (χ1n) is 8.40. The molecule has 1 atom stereocenters. The summed E-state index contributed by atoms with van der Waals surface area (Å²) in [6, 6.07) is 19.8. The van der Waals surface area contributed by atoms with Gasteiger partial charge in [0.2, 0.25) is 0 Å². The van der Waals surface area contributed by atoms with Crippen molar-refractivity contribution in [2.24, 2.45) is 0 Å². The van der Waals surface area contributed by atoms with E-state index in [0.717, 1.165) is 5.56 Å². The monoisotopic (exact) mass is 348 g/mol. The summed E-state index contributed by atoms with van der Waals surface area (Å²) in [5.41, 5.74) is 2.04. The third-order valence-corrected chi connectivity index (χ3v) is 4.06. The van der Waals surface area contributed by atoms with E-state index in [0.29, 0.717) is 23.4 Å². The van der Waals surface area contributed by atoms with Crippen molar-refractivity contribution in [3.8, 4) is 0 Å². The number of furan rings is 1. The SMILES string of the molecule is CC(NC(=O)c1ccc(C(=O)NCc2ccco2)cc1)c1ccccc1. The van der Waals surface area contributed by atoms with E-state index in [4.69, 9.17) is 4.42 Å². The first-order chi connectivity index (χ1) is 12.6. The van der Waals surface area contributed by atoms with E-state index in [2.05, 4.69) is 10.6 Å². The Morgan fingerprint density at radius 1 is 0.885 bits per heavy atom. The lowest BCUT2D eigenvalue weighted by Crippen LogP contribution is -2.27. The minimum absolute atomic E-state index is 0.0972. The molecule has 0 aliphatic rings. The topological polar surface area (TPSA) is 71.3 Å². The quantitative estimate of drug-likeness (QED) is 0.713. The summed E-state index contributed by atoms with van der Waals surface area (Å²) in [5.74, 6) is 0.291. The molecule has 2 aromatic carbocycles. The standard InChI is InChI=1S/C21H20N2O3/c1-15(16-6-3-2-4-7-16)23-21(25)18-11-9-17(10-12-18)20(24)22-14-19-8-5-13-26-19/h2-13,15H,14H2,1H3,(H,22,24)(H,23,25). The van der Waals surface area contributed by atoms with Gasteiger partial charge in [0.1, 0.15) is 5.76 Å². The van der Waals surface area contributed by atoms with Gasteiger partial charge in [0, 0.05) is 11.1 Å². The van der Waals surface area contributed by atoms with Crippen LogP contribution in [-0.4, -0.2) is 11.8 Å². The first kappa shape index (κ1) is 17.5. The van der Waals surface area contributed by atoms with Crippen LogP contribution in [0.5, 0.6) is 0 Å². The maximum Gasteiger partial charge on any atom is 0.251 e. The van der Waals surface area contributed by atoms with Gasteiger partial charge in [-0.3, -0.25) is 9.59 Å². The maximum atomic E-state index is 12.4. The normalized spacial score (nSPS) is 11.6. The summed E-state index contributed by atoms with van der Waals surface area (Å²) in [4.78, 5) is 24.5. The van der Waals surface area contributed by atoms with Crippen molar-refractivity contribution in [2.45, 2.75) is 19.5 Å². The van der Waals surface area contributed by atoms with Crippen LogP contribution < -0.4 is 10.6 Å². The van der Waals surface area contributed by atoms with Gasteiger partial charge in [0.05, 0.1) is 18.8 Å². The maximum absolute atomic E-state index is 12.4. The Balaban J connectivity index is 1.58. The van der Waals surface area contributed by atoms with Gasteiger partial charge in [0.25, 0.3) is 11.8 Å². The van der Waals surface area contributed by atoms with Crippen LogP contribution in [0.3, 0.4) is 0 Å². The highest BCUT2D eigenvalue weighted by Crippen LogP contribution is 2.13. The molecular formula is C21H20N2O3. The van der Waals surface area contributed by atoms with Crippen molar-refractivity contribution < 1.29 is 14.0 Å². The van der Waals surface area contributed by atoms with Crippen LogP contribution in [0.15, 0.2) is 77.4 Å². The molecule has 0 saturated carbocycles. The van der Waals surface area contributed by atoms with Crippen molar-refractivity contribution in [2.75, 3.05) is 0 Å². The van der Waals surface area contributed by atoms with E-state index in [9.17, 15) is 9.59 Å². The zero-order chi connectivity index (χ0) is 18.4. The zero-order valence-corrected chi connectivity index (χ0v) is 14.4. The van der Waals surface area contributed by atoms with Gasteiger partial charge in [0.15, 0.2) is 0 Å². The van der Waals surface area contributed by atoms with Crippen molar-refractivity contribution in [1.82, 2.24) is 10.6 Å². The van der Waals surface area contributed by atoms with Gasteiger partial charge >= 0.3 is 0 Å². The molecule has 132 valence electrons. The van der Waals surface area contributed by atoms with Gasteiger partial charge < -0.3 is 15.1 Å². The highest BCUT2D eigenvalue weighted by molar-refractivity contribution is 5.97. The predicted octanol–water partition coefficient (Wildman–Crippen LogP) is 3.70. The van der Waals surface area contributed by atoms with Gasteiger partial charge in [-0.25, -0.2) is 0 Å². The van der Waals surface area contributed by atoms with Crippen LogP contribution in [0.4, 0.5) is 0 Å². The van der Waals surface area contributed by atoms with Crippen LogP contribution in [0.25, 0.3) is 0 Å². The van der Waals surface area contributed by atoms with Crippen LogP contribution >= 0.6 is 0 Å². The number of rotatable bonds is 6. The lowest BCUT2D eigenvalue weighted by atomic mass is 10.1. The Morgan fingerprint density at radius 2 is 1.54 bits per heavy atom. The molecule has 3 rings (SSSR count). The molecular weight excluding hydrogens is 328 g/mol. The lowest BCUT2D eigenvalue weighted by Gasteiger charge is -2.14. The molecule has 2 N–H and O–H groups in total. The largest absolute Gasteiger partial charge is 0.467 e. The highest BCUT2D eigenvalue weighted by Gasteiger charge is 2.12. The second kappa shape index (κ2) is 8.16. The summed E-state index contributed by atoms with van der Waals surface area (Å²) in [7, 11) is 0. The van der Waals surface area contributed by atoms with Gasteiger partial charge in [-0.15, -0.1) is 0 Å². The molecule has 0 aliphatic heterocycles. The highest BCUT2D eigenvalue weighted by atomic mass is 16.3. The summed E-state index contributed by atoms with van der Waals surface area (Å²) in [6.45, 7) is 2.26. The van der Waals surface area contributed by atoms with Crippen LogP contribution in [-0.2, 0) is 6.54 Å². The molecule has 1 unspecified atom stereocenters. The van der Waals surface area contributed by atoms with Gasteiger partial charge in [-0.2, -0.15) is 0 Å². The van der Waals surface area contributed by atoms with Gasteiger partial charge in [-0.1, -0.05) is 30.3 Å². The van der Waals surface area contributed by atoms with E-state index < -0.39 is 0 Å². The molecule has 0 saturated heterocycles. The Hall–Kier alpha value is -3.34. The fourth-order valence-corrected chi connectivity index (χ4v) is 2.56. The Kier molecular flexibility index (Phi) is 5.49. The average molecular weight is 348 g/mol. The number of nitrogens with one attached hydrogen (secondary N) is 2. The van der Waals surface area contributed by atoms with Crippen molar-refractivity contribution >= 4 is 11.8 Å². The molecule has 0 spiro atoms. The minimum atomic E-state index is -0.217. The summed E-state index contributed by atoms with van der Waals surface area (Å²) < 4.78 is 5.18. The van der Waals surface area contributed by atoms with E-state index in [1.165, 1.54) is 0 Å². The Labute approximate surface area is 152 Å². The third kappa shape index (κ3) is 4.39. The molecule has 0 bridgehead atoms. The van der Waals surface area contributed by atoms with Crippen LogP contribution in [0.2, 0.25) is 0 Å². The molecule has 0 aliphatic carbocycles. The van der Waals surface area contributed by atoms with E-state index in [-0.39, 0.29) is 17.9 Å². The van der Waals surface area contributed by atoms with Crippen LogP contribution in [0.1, 0.15) is 45.0 Å². The minimum Gasteiger partial charge on any atom is -0.467 e. The van der Waals surface area contributed by atoms with Gasteiger partial charge in [-0.05, 0) is 48.9 Å².